The fraction of sp³-hybridized carbons (Fsp3) is 0.625. The van der Waals surface area contributed by atoms with Gasteiger partial charge in [-0.1, -0.05) is 32.8 Å². The predicted octanol–water partition coefficient (Wildman–Crippen LogP) is 4.13. The lowest BCUT2D eigenvalue weighted by Gasteiger charge is -2.40. The Morgan fingerprint density at radius 2 is 2.11 bits per heavy atom. The summed E-state index contributed by atoms with van der Waals surface area (Å²) in [5.74, 6) is 1.19. The van der Waals surface area contributed by atoms with Gasteiger partial charge in [-0.25, -0.2) is 4.39 Å². The molecule has 0 aromatic heterocycles. The molecule has 0 saturated heterocycles. The molecule has 1 fully saturated rings. The van der Waals surface area contributed by atoms with Gasteiger partial charge in [0.25, 0.3) is 0 Å². The Bertz CT molecular complexity index is 427. The van der Waals surface area contributed by atoms with Gasteiger partial charge in [-0.15, -0.1) is 0 Å². The van der Waals surface area contributed by atoms with E-state index in [-0.39, 0.29) is 11.4 Å². The van der Waals surface area contributed by atoms with Gasteiger partial charge in [0, 0.05) is 5.54 Å². The SMILES string of the molecule is Cc1cc(F)ccc1C1(N)CCCC(C(C)C)C1. The van der Waals surface area contributed by atoms with Gasteiger partial charge in [0.1, 0.15) is 5.82 Å². The molecule has 0 heterocycles. The summed E-state index contributed by atoms with van der Waals surface area (Å²) in [6.07, 6.45) is 4.49. The summed E-state index contributed by atoms with van der Waals surface area (Å²) >= 11 is 0. The zero-order valence-corrected chi connectivity index (χ0v) is 11.7. The Morgan fingerprint density at radius 1 is 1.39 bits per heavy atom. The number of hydrogen-bond donors (Lipinski definition) is 1. The molecule has 18 heavy (non-hydrogen) atoms. The van der Waals surface area contributed by atoms with Gasteiger partial charge in [-0.2, -0.15) is 0 Å². The largest absolute Gasteiger partial charge is 0.321 e. The highest BCUT2D eigenvalue weighted by molar-refractivity contribution is 5.33. The van der Waals surface area contributed by atoms with Gasteiger partial charge in [-0.3, -0.25) is 0 Å². The van der Waals surface area contributed by atoms with Crippen LogP contribution in [0.5, 0.6) is 0 Å². The maximum atomic E-state index is 13.2. The minimum absolute atomic E-state index is 0.170. The van der Waals surface area contributed by atoms with Crippen molar-refractivity contribution in [3.63, 3.8) is 0 Å². The fourth-order valence-corrected chi connectivity index (χ4v) is 3.35. The summed E-state index contributed by atoms with van der Waals surface area (Å²) < 4.78 is 13.2. The molecule has 2 N–H and O–H groups in total. The Balaban J connectivity index is 2.29. The van der Waals surface area contributed by atoms with Gasteiger partial charge in [0.2, 0.25) is 0 Å². The average Bonchev–Trinajstić information content (AvgIpc) is 2.28. The number of hydrogen-bond acceptors (Lipinski definition) is 1. The first-order valence-electron chi connectivity index (χ1n) is 6.98. The number of rotatable bonds is 2. The quantitative estimate of drug-likeness (QED) is 0.837. The summed E-state index contributed by atoms with van der Waals surface area (Å²) in [6.45, 7) is 6.51. The van der Waals surface area contributed by atoms with E-state index in [9.17, 15) is 4.39 Å². The normalized spacial score (nSPS) is 28.7. The molecule has 0 amide bonds. The smallest absolute Gasteiger partial charge is 0.123 e. The fourth-order valence-electron chi connectivity index (χ4n) is 3.35. The highest BCUT2D eigenvalue weighted by Gasteiger charge is 2.36. The Morgan fingerprint density at radius 3 is 2.72 bits per heavy atom. The molecule has 2 unspecified atom stereocenters. The molecule has 1 aliphatic carbocycles. The first-order valence-corrected chi connectivity index (χ1v) is 6.98. The second-order valence-corrected chi connectivity index (χ2v) is 6.22. The third-order valence-electron chi connectivity index (χ3n) is 4.49. The molecular weight excluding hydrogens is 225 g/mol. The lowest BCUT2D eigenvalue weighted by atomic mass is 9.68. The minimum atomic E-state index is -0.259. The highest BCUT2D eigenvalue weighted by atomic mass is 19.1. The van der Waals surface area contributed by atoms with Crippen LogP contribution in [0.15, 0.2) is 18.2 Å². The second kappa shape index (κ2) is 5.00. The van der Waals surface area contributed by atoms with E-state index in [0.29, 0.717) is 11.8 Å². The van der Waals surface area contributed by atoms with E-state index in [1.54, 1.807) is 6.07 Å². The number of nitrogens with two attached hydrogens (primary N) is 1. The third-order valence-corrected chi connectivity index (χ3v) is 4.49. The van der Waals surface area contributed by atoms with Crippen molar-refractivity contribution in [3.05, 3.63) is 35.1 Å². The van der Waals surface area contributed by atoms with Crippen molar-refractivity contribution in [2.75, 3.05) is 0 Å². The van der Waals surface area contributed by atoms with Crippen molar-refractivity contribution in [3.8, 4) is 0 Å². The molecule has 1 nitrogen and oxygen atoms in total. The van der Waals surface area contributed by atoms with E-state index in [2.05, 4.69) is 13.8 Å². The molecular formula is C16H24FN. The first kappa shape index (κ1) is 13.5. The van der Waals surface area contributed by atoms with Gasteiger partial charge >= 0.3 is 0 Å². The van der Waals surface area contributed by atoms with Crippen molar-refractivity contribution in [1.82, 2.24) is 0 Å². The lowest BCUT2D eigenvalue weighted by molar-refractivity contribution is 0.183. The van der Waals surface area contributed by atoms with Crippen LogP contribution in [0.2, 0.25) is 0 Å². The molecule has 0 aliphatic heterocycles. The third kappa shape index (κ3) is 2.59. The lowest BCUT2D eigenvalue weighted by Crippen LogP contribution is -2.43. The van der Waals surface area contributed by atoms with E-state index in [1.165, 1.54) is 18.9 Å². The van der Waals surface area contributed by atoms with Crippen molar-refractivity contribution in [1.29, 1.82) is 0 Å². The van der Waals surface area contributed by atoms with Crippen LogP contribution in [-0.2, 0) is 5.54 Å². The molecule has 0 bridgehead atoms. The van der Waals surface area contributed by atoms with Crippen LogP contribution in [0, 0.1) is 24.6 Å². The van der Waals surface area contributed by atoms with Crippen molar-refractivity contribution < 1.29 is 4.39 Å². The van der Waals surface area contributed by atoms with Crippen molar-refractivity contribution in [2.45, 2.75) is 52.0 Å². The van der Waals surface area contributed by atoms with Crippen molar-refractivity contribution >= 4 is 0 Å². The summed E-state index contributed by atoms with van der Waals surface area (Å²) in [5.41, 5.74) is 8.50. The number of halogens is 1. The molecule has 0 spiro atoms. The Hall–Kier alpha value is -0.890. The van der Waals surface area contributed by atoms with E-state index in [1.807, 2.05) is 13.0 Å². The molecule has 2 rings (SSSR count). The van der Waals surface area contributed by atoms with Gasteiger partial charge < -0.3 is 5.73 Å². The summed E-state index contributed by atoms with van der Waals surface area (Å²) in [7, 11) is 0. The molecule has 0 radical (unpaired) electrons. The number of aryl methyl sites for hydroxylation is 1. The summed E-state index contributed by atoms with van der Waals surface area (Å²) in [4.78, 5) is 0. The van der Waals surface area contributed by atoms with Crippen LogP contribution in [0.3, 0.4) is 0 Å². The zero-order valence-electron chi connectivity index (χ0n) is 11.7. The topological polar surface area (TPSA) is 26.0 Å². The summed E-state index contributed by atoms with van der Waals surface area (Å²) in [6, 6.07) is 5.02. The van der Waals surface area contributed by atoms with Crippen LogP contribution in [0.4, 0.5) is 4.39 Å². The molecule has 2 heteroatoms. The average molecular weight is 249 g/mol. The van der Waals surface area contributed by atoms with Gasteiger partial charge in [-0.05, 0) is 54.9 Å². The highest BCUT2D eigenvalue weighted by Crippen LogP contribution is 2.41. The standard InChI is InChI=1S/C16H24FN/c1-11(2)13-5-4-8-16(18,10-13)15-7-6-14(17)9-12(15)3/h6-7,9,11,13H,4-5,8,10,18H2,1-3H3. The molecule has 1 saturated carbocycles. The molecule has 1 aliphatic rings. The van der Waals surface area contributed by atoms with Crippen LogP contribution in [0.25, 0.3) is 0 Å². The van der Waals surface area contributed by atoms with Crippen LogP contribution in [0.1, 0.15) is 50.7 Å². The maximum Gasteiger partial charge on any atom is 0.123 e. The monoisotopic (exact) mass is 249 g/mol. The first-order chi connectivity index (χ1) is 8.42. The van der Waals surface area contributed by atoms with E-state index in [4.69, 9.17) is 5.73 Å². The molecule has 2 atom stereocenters. The van der Waals surface area contributed by atoms with Crippen LogP contribution >= 0.6 is 0 Å². The van der Waals surface area contributed by atoms with Crippen LogP contribution < -0.4 is 5.73 Å². The summed E-state index contributed by atoms with van der Waals surface area (Å²) in [5, 5.41) is 0. The molecule has 1 aromatic carbocycles. The van der Waals surface area contributed by atoms with E-state index >= 15 is 0 Å². The minimum Gasteiger partial charge on any atom is -0.321 e. The molecule has 100 valence electrons. The zero-order chi connectivity index (χ0) is 13.3. The van der Waals surface area contributed by atoms with E-state index < -0.39 is 0 Å². The molecule has 1 aromatic rings. The van der Waals surface area contributed by atoms with Crippen molar-refractivity contribution in [2.24, 2.45) is 17.6 Å². The Kier molecular flexibility index (Phi) is 3.76. The number of benzene rings is 1. The van der Waals surface area contributed by atoms with Crippen LogP contribution in [-0.4, -0.2) is 0 Å². The van der Waals surface area contributed by atoms with E-state index in [0.717, 1.165) is 24.0 Å². The Labute approximate surface area is 110 Å². The van der Waals surface area contributed by atoms with Gasteiger partial charge in [0.15, 0.2) is 0 Å². The second-order valence-electron chi connectivity index (χ2n) is 6.22. The maximum absolute atomic E-state index is 13.2. The van der Waals surface area contributed by atoms with Gasteiger partial charge in [0.05, 0.1) is 0 Å². The predicted molar refractivity (Wildman–Crippen MR) is 73.8 cm³/mol.